The molecule has 0 aliphatic carbocycles. The molecule has 1 heterocycles. The van der Waals surface area contributed by atoms with E-state index in [-0.39, 0.29) is 38.5 Å². The maximum Gasteiger partial charge on any atom is 0.338 e. The van der Waals surface area contributed by atoms with Gasteiger partial charge in [0.2, 0.25) is 11.5 Å². The van der Waals surface area contributed by atoms with E-state index in [0.29, 0.717) is 34.1 Å². The van der Waals surface area contributed by atoms with Crippen LogP contribution in [-0.4, -0.2) is 58.7 Å². The minimum atomic E-state index is -1.30. The number of nitriles is 1. The molecule has 0 amide bonds. The third kappa shape index (κ3) is 4.46. The van der Waals surface area contributed by atoms with Gasteiger partial charge in [0.05, 0.1) is 59.5 Å². The summed E-state index contributed by atoms with van der Waals surface area (Å²) in [6.07, 6.45) is 0. The molecule has 0 fully saturated rings. The van der Waals surface area contributed by atoms with Crippen LogP contribution in [0, 0.1) is 16.0 Å². The largest absolute Gasteiger partial charge is 0.493 e. The Morgan fingerprint density at radius 1 is 0.806 bits per heavy atom. The Labute approximate surface area is 212 Å². The number of rotatable bonds is 9. The monoisotopic (exact) mass is 512 g/mol. The van der Waals surface area contributed by atoms with Crippen molar-refractivity contribution in [1.29, 1.82) is 5.26 Å². The molecule has 36 heavy (non-hydrogen) atoms. The molecule has 188 valence electrons. The first kappa shape index (κ1) is 26.2. The van der Waals surface area contributed by atoms with Gasteiger partial charge in [-0.25, -0.2) is 4.79 Å². The fourth-order valence-corrected chi connectivity index (χ4v) is 4.13. The average molecular weight is 513 g/mol. The number of nitrogens with one attached hydrogen (secondary N) is 1. The van der Waals surface area contributed by atoms with Crippen molar-refractivity contribution in [3.8, 4) is 63.0 Å². The molecule has 0 unspecified atom stereocenters. The van der Waals surface area contributed by atoms with Gasteiger partial charge in [-0.3, -0.25) is 0 Å². The molecule has 3 aromatic rings. The highest BCUT2D eigenvalue weighted by Crippen LogP contribution is 2.46. The number of hydrogen-bond donors (Lipinski definition) is 2. The van der Waals surface area contributed by atoms with Gasteiger partial charge in [0.15, 0.2) is 23.0 Å². The average Bonchev–Trinajstić information content (AvgIpc) is 2.90. The first-order valence-electron chi connectivity index (χ1n) is 10.3. The van der Waals surface area contributed by atoms with E-state index in [1.165, 1.54) is 42.7 Å². The molecule has 0 saturated carbocycles. The first-order chi connectivity index (χ1) is 17.3. The Bertz CT molecular complexity index is 1370. The van der Waals surface area contributed by atoms with Crippen LogP contribution in [0.1, 0.15) is 15.9 Å². The normalized spacial score (nSPS) is 10.2. The van der Waals surface area contributed by atoms with Crippen LogP contribution in [0.4, 0.5) is 0 Å². The molecule has 0 spiro atoms. The predicted octanol–water partition coefficient (Wildman–Crippen LogP) is 4.70. The minimum absolute atomic E-state index is 0.0344. The van der Waals surface area contributed by atoms with Crippen LogP contribution in [0.15, 0.2) is 24.3 Å². The molecule has 0 radical (unpaired) electrons. The number of benzene rings is 2. The molecule has 11 heteroatoms. The van der Waals surface area contributed by atoms with Gasteiger partial charge >= 0.3 is 5.97 Å². The minimum Gasteiger partial charge on any atom is -0.493 e. The van der Waals surface area contributed by atoms with Crippen LogP contribution in [0.25, 0.3) is 22.4 Å². The van der Waals surface area contributed by atoms with Crippen molar-refractivity contribution >= 4 is 18.2 Å². The summed E-state index contributed by atoms with van der Waals surface area (Å²) in [5.74, 6) is 0.510. The maximum atomic E-state index is 12.7. The number of nitrogens with zero attached hydrogens (tertiary/aromatic N) is 1. The third-order valence-corrected chi connectivity index (χ3v) is 5.75. The number of pyridine rings is 1. The predicted molar refractivity (Wildman–Crippen MR) is 133 cm³/mol. The fraction of sp³-hybridized carbons (Fsp3) is 0.240. The number of H-pyrrole nitrogens is 1. The second kappa shape index (κ2) is 10.9. The zero-order chi connectivity index (χ0) is 26.6. The summed E-state index contributed by atoms with van der Waals surface area (Å²) in [6.45, 7) is 0. The highest BCUT2D eigenvalue weighted by atomic mass is 32.1. The van der Waals surface area contributed by atoms with Gasteiger partial charge in [0, 0.05) is 11.1 Å². The number of aromatic carboxylic acids is 1. The first-order valence-corrected chi connectivity index (χ1v) is 10.7. The lowest BCUT2D eigenvalue weighted by molar-refractivity contribution is 0.0698. The second-order valence-corrected chi connectivity index (χ2v) is 7.61. The summed E-state index contributed by atoms with van der Waals surface area (Å²) in [6, 6.07) is 8.29. The lowest BCUT2D eigenvalue weighted by Gasteiger charge is -2.19. The number of hydrogen-bond acceptors (Lipinski definition) is 9. The van der Waals surface area contributed by atoms with Crippen LogP contribution >= 0.6 is 12.2 Å². The molecule has 10 nitrogen and oxygen atoms in total. The van der Waals surface area contributed by atoms with E-state index in [1.807, 2.05) is 6.07 Å². The number of aromatic amines is 1. The molecule has 0 aliphatic rings. The number of carbonyl (C=O) groups is 1. The molecule has 3 rings (SSSR count). The van der Waals surface area contributed by atoms with Gasteiger partial charge in [0.1, 0.15) is 10.7 Å². The van der Waals surface area contributed by atoms with E-state index >= 15 is 0 Å². The molecule has 0 saturated heterocycles. The van der Waals surface area contributed by atoms with Crippen molar-refractivity contribution in [2.45, 2.75) is 0 Å². The molecule has 0 atom stereocenters. The van der Waals surface area contributed by atoms with Crippen LogP contribution in [0.5, 0.6) is 34.5 Å². The number of aromatic nitrogens is 1. The Hall–Kier alpha value is -4.43. The van der Waals surface area contributed by atoms with Gasteiger partial charge in [-0.1, -0.05) is 12.2 Å². The fourth-order valence-electron chi connectivity index (χ4n) is 3.88. The molecule has 1 aromatic heterocycles. The van der Waals surface area contributed by atoms with Crippen LogP contribution in [-0.2, 0) is 0 Å². The van der Waals surface area contributed by atoms with Crippen LogP contribution < -0.4 is 28.4 Å². The standard InChI is InChI=1S/C25H24N2O8S/c1-30-15-7-12(8-16(31-2)22(15)34-5)19-14(11-26)24(36)27-21(20(19)25(28)29)13-9-17(32-3)23(35-6)18(10-13)33-4/h7-10H,1-6H3,(H,27,36)(H,28,29). The molecule has 0 bridgehead atoms. The molecular formula is C25H24N2O8S. The summed E-state index contributed by atoms with van der Waals surface area (Å²) in [5, 5.41) is 20.3. The van der Waals surface area contributed by atoms with Gasteiger partial charge in [-0.15, -0.1) is 0 Å². The Kier molecular flexibility index (Phi) is 7.91. The smallest absolute Gasteiger partial charge is 0.338 e. The third-order valence-electron chi connectivity index (χ3n) is 5.45. The number of carboxylic acid groups (broad SMARTS) is 1. The summed E-state index contributed by atoms with van der Waals surface area (Å²) in [5.41, 5.74) is 0.682. The van der Waals surface area contributed by atoms with E-state index in [1.54, 1.807) is 24.3 Å². The van der Waals surface area contributed by atoms with E-state index < -0.39 is 5.97 Å². The highest BCUT2D eigenvalue weighted by Gasteiger charge is 2.27. The zero-order valence-electron chi connectivity index (χ0n) is 20.5. The lowest BCUT2D eigenvalue weighted by atomic mass is 9.92. The van der Waals surface area contributed by atoms with E-state index in [0.717, 1.165) is 0 Å². The van der Waals surface area contributed by atoms with Crippen molar-refractivity contribution in [3.63, 3.8) is 0 Å². The van der Waals surface area contributed by atoms with Gasteiger partial charge in [-0.05, 0) is 29.8 Å². The van der Waals surface area contributed by atoms with Gasteiger partial charge in [-0.2, -0.15) is 5.26 Å². The second-order valence-electron chi connectivity index (χ2n) is 7.20. The zero-order valence-corrected chi connectivity index (χ0v) is 21.3. The number of ether oxygens (including phenoxy) is 6. The van der Waals surface area contributed by atoms with E-state index in [4.69, 9.17) is 40.6 Å². The SMILES string of the molecule is COc1cc(-c2[nH]c(=S)c(C#N)c(-c3cc(OC)c(OC)c(OC)c3)c2C(=O)O)cc(OC)c1OC. The Morgan fingerprint density at radius 3 is 1.56 bits per heavy atom. The lowest BCUT2D eigenvalue weighted by Crippen LogP contribution is -2.09. The summed E-state index contributed by atoms with van der Waals surface area (Å²) in [7, 11) is 8.67. The quantitative estimate of drug-likeness (QED) is 0.389. The van der Waals surface area contributed by atoms with Crippen molar-refractivity contribution < 1.29 is 38.3 Å². The van der Waals surface area contributed by atoms with Crippen LogP contribution in [0.2, 0.25) is 0 Å². The molecule has 2 N–H and O–H groups in total. The van der Waals surface area contributed by atoms with E-state index in [2.05, 4.69) is 4.98 Å². The van der Waals surface area contributed by atoms with Gasteiger partial charge in [0.25, 0.3) is 0 Å². The summed E-state index contributed by atoms with van der Waals surface area (Å²) >= 11 is 5.47. The summed E-state index contributed by atoms with van der Waals surface area (Å²) < 4.78 is 32.5. The number of methoxy groups -OCH3 is 6. The van der Waals surface area contributed by atoms with E-state index in [9.17, 15) is 15.2 Å². The Balaban J connectivity index is 2.51. The van der Waals surface area contributed by atoms with Crippen molar-refractivity contribution in [2.75, 3.05) is 42.7 Å². The maximum absolute atomic E-state index is 12.7. The summed E-state index contributed by atoms with van der Waals surface area (Å²) in [4.78, 5) is 15.6. The van der Waals surface area contributed by atoms with Crippen molar-refractivity contribution in [1.82, 2.24) is 4.98 Å². The van der Waals surface area contributed by atoms with Gasteiger partial charge < -0.3 is 38.5 Å². The molecule has 2 aromatic carbocycles. The van der Waals surface area contributed by atoms with Crippen LogP contribution in [0.3, 0.4) is 0 Å². The molecular weight excluding hydrogens is 488 g/mol. The topological polar surface area (TPSA) is 132 Å². The molecule has 0 aliphatic heterocycles. The van der Waals surface area contributed by atoms with Crippen molar-refractivity contribution in [3.05, 3.63) is 40.0 Å². The highest BCUT2D eigenvalue weighted by molar-refractivity contribution is 7.71. The van der Waals surface area contributed by atoms with Crippen molar-refractivity contribution in [2.24, 2.45) is 0 Å². The Morgan fingerprint density at radius 2 is 1.22 bits per heavy atom. The number of carboxylic acids is 1.